The second-order valence-corrected chi connectivity index (χ2v) is 7.61. The quantitative estimate of drug-likeness (QED) is 0.745. The summed E-state index contributed by atoms with van der Waals surface area (Å²) in [4.78, 5) is 12.3. The molecule has 0 amide bonds. The Balaban J connectivity index is 1.54. The summed E-state index contributed by atoms with van der Waals surface area (Å²) in [6, 6.07) is 8.56. The minimum atomic E-state index is 0.525. The van der Waals surface area contributed by atoms with Crippen LogP contribution < -0.4 is 5.32 Å². The Morgan fingerprint density at radius 3 is 2.80 bits per heavy atom. The molecule has 4 rings (SSSR count). The van der Waals surface area contributed by atoms with E-state index in [1.807, 2.05) is 17.9 Å². The largest absolute Gasteiger partial charge is 0.344 e. The molecule has 2 aromatic heterocycles. The van der Waals surface area contributed by atoms with Gasteiger partial charge < -0.3 is 10.2 Å². The number of allylic oxidation sites excluding steroid dienone is 1. The summed E-state index contributed by atoms with van der Waals surface area (Å²) in [5, 5.41) is 5.76. The molecule has 4 nitrogen and oxygen atoms in total. The number of hydrogen-bond acceptors (Lipinski definition) is 5. The molecule has 1 fully saturated rings. The Kier molecular flexibility index (Phi) is 4.51. The van der Waals surface area contributed by atoms with Gasteiger partial charge in [-0.15, -0.1) is 11.3 Å². The summed E-state index contributed by atoms with van der Waals surface area (Å²) in [5.74, 6) is 1.40. The maximum absolute atomic E-state index is 4.56. The predicted octanol–water partition coefficient (Wildman–Crippen LogP) is 4.63. The van der Waals surface area contributed by atoms with E-state index in [0.29, 0.717) is 5.92 Å². The number of benzene rings is 1. The van der Waals surface area contributed by atoms with Gasteiger partial charge in [0.2, 0.25) is 0 Å². The van der Waals surface area contributed by atoms with Gasteiger partial charge >= 0.3 is 0 Å². The summed E-state index contributed by atoms with van der Waals surface area (Å²) < 4.78 is 0. The van der Waals surface area contributed by atoms with Crippen LogP contribution in [0.2, 0.25) is 0 Å². The van der Waals surface area contributed by atoms with E-state index in [1.165, 1.54) is 15.8 Å². The number of thiazole rings is 1. The van der Waals surface area contributed by atoms with Crippen LogP contribution in [0.15, 0.2) is 54.4 Å². The average Bonchev–Trinajstić information content (AvgIpc) is 3.16. The lowest BCUT2D eigenvalue weighted by atomic mass is 9.94. The molecule has 5 heteroatoms. The first-order chi connectivity index (χ1) is 12.2. The Labute approximate surface area is 152 Å². The lowest BCUT2D eigenvalue weighted by Crippen LogP contribution is -2.31. The zero-order chi connectivity index (χ0) is 17.2. The molecule has 3 heterocycles. The van der Waals surface area contributed by atoms with E-state index in [1.54, 1.807) is 11.3 Å². The fourth-order valence-electron chi connectivity index (χ4n) is 3.34. The van der Waals surface area contributed by atoms with E-state index in [0.717, 1.165) is 42.8 Å². The Morgan fingerprint density at radius 1 is 1.20 bits per heavy atom. The van der Waals surface area contributed by atoms with Crippen molar-refractivity contribution >= 4 is 27.9 Å². The van der Waals surface area contributed by atoms with E-state index in [-0.39, 0.29) is 0 Å². The molecular formula is C20H22N4S. The van der Waals surface area contributed by atoms with Crippen molar-refractivity contribution in [2.75, 3.05) is 25.5 Å². The van der Waals surface area contributed by atoms with Crippen molar-refractivity contribution in [1.82, 2.24) is 14.9 Å². The van der Waals surface area contributed by atoms with Crippen LogP contribution in [0.1, 0.15) is 12.8 Å². The van der Waals surface area contributed by atoms with Gasteiger partial charge in [-0.3, -0.25) is 4.98 Å². The van der Waals surface area contributed by atoms with Crippen molar-refractivity contribution in [3.05, 3.63) is 54.4 Å². The van der Waals surface area contributed by atoms with E-state index in [9.17, 15) is 0 Å². The molecule has 0 atom stereocenters. The van der Waals surface area contributed by atoms with Crippen LogP contribution in [0.5, 0.6) is 0 Å². The highest BCUT2D eigenvalue weighted by atomic mass is 32.1. The van der Waals surface area contributed by atoms with Crippen LogP contribution in [-0.4, -0.2) is 35.0 Å². The number of hydrogen-bond donors (Lipinski definition) is 1. The van der Waals surface area contributed by atoms with Gasteiger partial charge in [-0.2, -0.15) is 0 Å². The predicted molar refractivity (Wildman–Crippen MR) is 106 cm³/mol. The first-order valence-corrected chi connectivity index (χ1v) is 9.50. The van der Waals surface area contributed by atoms with Crippen LogP contribution in [-0.2, 0) is 0 Å². The number of fused-ring (bicyclic) bond motifs is 1. The third kappa shape index (κ3) is 3.57. The number of rotatable bonds is 4. The summed E-state index contributed by atoms with van der Waals surface area (Å²) >= 11 is 1.66. The van der Waals surface area contributed by atoms with Crippen molar-refractivity contribution in [1.29, 1.82) is 0 Å². The van der Waals surface area contributed by atoms with Gasteiger partial charge in [-0.1, -0.05) is 18.7 Å². The van der Waals surface area contributed by atoms with E-state index in [4.69, 9.17) is 0 Å². The van der Waals surface area contributed by atoms with Gasteiger partial charge in [0.1, 0.15) is 5.82 Å². The van der Waals surface area contributed by atoms with E-state index < -0.39 is 0 Å². The van der Waals surface area contributed by atoms with Crippen LogP contribution in [0.25, 0.3) is 21.2 Å². The smallest absolute Gasteiger partial charge is 0.130 e. The van der Waals surface area contributed by atoms with Crippen LogP contribution in [0.3, 0.4) is 0 Å². The monoisotopic (exact) mass is 350 g/mol. The molecule has 1 aromatic carbocycles. The standard InChI is InChI=1S/C20H22N4S/c1-14(15-5-7-24(2)8-6-15)23-20-10-18-9-16(19-12-21-13-25-19)3-4-17(18)11-22-20/h3-4,9-13,15H,1,5-8H2,2H3,(H,22,23). The number of piperidine rings is 1. The number of pyridine rings is 1. The molecule has 0 radical (unpaired) electrons. The van der Waals surface area contributed by atoms with E-state index >= 15 is 0 Å². The van der Waals surface area contributed by atoms with Gasteiger partial charge in [-0.25, -0.2) is 4.98 Å². The van der Waals surface area contributed by atoms with Crippen LogP contribution in [0, 0.1) is 5.92 Å². The fourth-order valence-corrected chi connectivity index (χ4v) is 3.96. The molecule has 3 aromatic rings. The molecule has 1 N–H and O–H groups in total. The second-order valence-electron chi connectivity index (χ2n) is 6.72. The van der Waals surface area contributed by atoms with Crippen LogP contribution >= 0.6 is 11.3 Å². The Morgan fingerprint density at radius 2 is 2.04 bits per heavy atom. The highest BCUT2D eigenvalue weighted by Gasteiger charge is 2.19. The summed E-state index contributed by atoms with van der Waals surface area (Å²) in [5.41, 5.74) is 4.14. The first-order valence-electron chi connectivity index (χ1n) is 8.62. The van der Waals surface area contributed by atoms with Gasteiger partial charge in [0.25, 0.3) is 0 Å². The Bertz CT molecular complexity index is 880. The molecule has 1 aliphatic heterocycles. The first kappa shape index (κ1) is 16.2. The Hall–Kier alpha value is -2.24. The zero-order valence-corrected chi connectivity index (χ0v) is 15.2. The number of likely N-dealkylation sites (tertiary alicyclic amines) is 1. The molecular weight excluding hydrogens is 328 g/mol. The van der Waals surface area contributed by atoms with Crippen molar-refractivity contribution in [2.45, 2.75) is 12.8 Å². The molecule has 1 saturated heterocycles. The minimum Gasteiger partial charge on any atom is -0.344 e. The lowest BCUT2D eigenvalue weighted by molar-refractivity contribution is 0.239. The van der Waals surface area contributed by atoms with Crippen molar-refractivity contribution in [2.24, 2.45) is 5.92 Å². The van der Waals surface area contributed by atoms with Crippen molar-refractivity contribution < 1.29 is 0 Å². The second kappa shape index (κ2) is 6.94. The van der Waals surface area contributed by atoms with Gasteiger partial charge in [0, 0.05) is 29.4 Å². The molecule has 25 heavy (non-hydrogen) atoms. The maximum atomic E-state index is 4.56. The molecule has 1 aliphatic rings. The summed E-state index contributed by atoms with van der Waals surface area (Å²) in [7, 11) is 2.18. The number of nitrogens with zero attached hydrogens (tertiary/aromatic N) is 3. The van der Waals surface area contributed by atoms with Crippen LogP contribution in [0.4, 0.5) is 5.82 Å². The third-order valence-corrected chi connectivity index (χ3v) is 5.76. The highest BCUT2D eigenvalue weighted by Crippen LogP contribution is 2.29. The highest BCUT2D eigenvalue weighted by molar-refractivity contribution is 7.13. The number of nitrogens with one attached hydrogen (secondary N) is 1. The zero-order valence-electron chi connectivity index (χ0n) is 14.4. The molecule has 0 spiro atoms. The van der Waals surface area contributed by atoms with Gasteiger partial charge in [-0.05, 0) is 56.1 Å². The maximum Gasteiger partial charge on any atom is 0.130 e. The summed E-state index contributed by atoms with van der Waals surface area (Å²) in [6.45, 7) is 6.53. The SMILES string of the molecule is C=C(Nc1cc2cc(-c3cncs3)ccc2cn1)C1CCN(C)CC1. The fraction of sp³-hybridized carbons (Fsp3) is 0.300. The molecule has 0 aliphatic carbocycles. The topological polar surface area (TPSA) is 41.1 Å². The average molecular weight is 350 g/mol. The number of aromatic nitrogens is 2. The minimum absolute atomic E-state index is 0.525. The normalized spacial score (nSPS) is 16.2. The van der Waals surface area contributed by atoms with E-state index in [2.05, 4.69) is 58.1 Å². The molecule has 0 bridgehead atoms. The summed E-state index contributed by atoms with van der Waals surface area (Å²) in [6.07, 6.45) is 6.15. The molecule has 0 saturated carbocycles. The van der Waals surface area contributed by atoms with Crippen molar-refractivity contribution in [3.8, 4) is 10.4 Å². The molecule has 128 valence electrons. The van der Waals surface area contributed by atoms with Gasteiger partial charge in [0.15, 0.2) is 0 Å². The third-order valence-electron chi connectivity index (χ3n) is 4.94. The lowest BCUT2D eigenvalue weighted by Gasteiger charge is -2.30. The van der Waals surface area contributed by atoms with Gasteiger partial charge in [0.05, 0.1) is 10.4 Å². The van der Waals surface area contributed by atoms with Crippen molar-refractivity contribution in [3.63, 3.8) is 0 Å². The number of anilines is 1. The molecule has 0 unspecified atom stereocenters.